The molecule has 1 heterocycles. The van der Waals surface area contributed by atoms with Crippen LogP contribution in [0.1, 0.15) is 47.6 Å². The van der Waals surface area contributed by atoms with Gasteiger partial charge in [0.2, 0.25) is 0 Å². The highest BCUT2D eigenvalue weighted by atomic mass is 32.1. The van der Waals surface area contributed by atoms with Gasteiger partial charge in [0.05, 0.1) is 10.6 Å². The number of aliphatic hydroxyl groups excluding tert-OH is 1. The van der Waals surface area contributed by atoms with E-state index in [-0.39, 0.29) is 0 Å². The van der Waals surface area contributed by atoms with E-state index < -0.39 is 6.10 Å². The van der Waals surface area contributed by atoms with E-state index in [1.54, 1.807) is 0 Å². The molecule has 0 radical (unpaired) electrons. The molecule has 0 saturated carbocycles. The molecule has 1 atom stereocenters. The monoisotopic (exact) mass is 261 g/mol. The van der Waals surface area contributed by atoms with Gasteiger partial charge in [-0.1, -0.05) is 37.6 Å². The maximum atomic E-state index is 10.2. The van der Waals surface area contributed by atoms with E-state index in [2.05, 4.69) is 23.4 Å². The Labute approximate surface area is 112 Å². The van der Waals surface area contributed by atoms with Gasteiger partial charge in [0.1, 0.15) is 6.10 Å². The predicted octanol–water partition coefficient (Wildman–Crippen LogP) is 3.88. The first kappa shape index (κ1) is 13.2. The average molecular weight is 261 g/mol. The maximum absolute atomic E-state index is 10.2. The molecule has 1 aromatic carbocycles. The normalized spacial score (nSPS) is 12.6. The van der Waals surface area contributed by atoms with Crippen molar-refractivity contribution in [3.63, 3.8) is 0 Å². The van der Waals surface area contributed by atoms with E-state index in [0.717, 1.165) is 22.6 Å². The molecule has 0 saturated heterocycles. The number of benzene rings is 1. The van der Waals surface area contributed by atoms with Gasteiger partial charge in [0.15, 0.2) is 0 Å². The third-order valence-electron chi connectivity index (χ3n) is 3.03. The summed E-state index contributed by atoms with van der Waals surface area (Å²) in [6.07, 6.45) is 3.00. The Morgan fingerprint density at radius 1 is 1.28 bits per heavy atom. The van der Waals surface area contributed by atoms with Crippen molar-refractivity contribution in [3.8, 4) is 0 Å². The SMILES string of the molecule is CCCCc1ccc([C@@H](O)c2cc(C)ns2)cc1. The zero-order chi connectivity index (χ0) is 13.0. The van der Waals surface area contributed by atoms with Gasteiger partial charge in [0, 0.05) is 0 Å². The van der Waals surface area contributed by atoms with Crippen LogP contribution < -0.4 is 0 Å². The number of aromatic nitrogens is 1. The number of unbranched alkanes of at least 4 members (excludes halogenated alkanes) is 1. The zero-order valence-electron chi connectivity index (χ0n) is 10.9. The van der Waals surface area contributed by atoms with Gasteiger partial charge in [-0.2, -0.15) is 4.37 Å². The Morgan fingerprint density at radius 3 is 2.56 bits per heavy atom. The molecule has 0 bridgehead atoms. The minimum Gasteiger partial charge on any atom is -0.383 e. The minimum atomic E-state index is -0.545. The van der Waals surface area contributed by atoms with E-state index in [4.69, 9.17) is 0 Å². The minimum absolute atomic E-state index is 0.545. The fraction of sp³-hybridized carbons (Fsp3) is 0.400. The lowest BCUT2D eigenvalue weighted by molar-refractivity contribution is 0.224. The van der Waals surface area contributed by atoms with E-state index in [1.165, 1.54) is 29.9 Å². The van der Waals surface area contributed by atoms with Crippen LogP contribution in [0.25, 0.3) is 0 Å². The summed E-state index contributed by atoms with van der Waals surface area (Å²) >= 11 is 1.37. The summed E-state index contributed by atoms with van der Waals surface area (Å²) < 4.78 is 4.20. The lowest BCUT2D eigenvalue weighted by Gasteiger charge is -2.09. The van der Waals surface area contributed by atoms with E-state index in [9.17, 15) is 5.11 Å². The van der Waals surface area contributed by atoms with Gasteiger partial charge >= 0.3 is 0 Å². The second-order valence-corrected chi connectivity index (χ2v) is 5.45. The van der Waals surface area contributed by atoms with Crippen LogP contribution in [0, 0.1) is 6.92 Å². The second-order valence-electron chi connectivity index (χ2n) is 4.62. The molecule has 18 heavy (non-hydrogen) atoms. The van der Waals surface area contributed by atoms with Crippen LogP contribution in [0.15, 0.2) is 30.3 Å². The predicted molar refractivity (Wildman–Crippen MR) is 76.0 cm³/mol. The number of hydrogen-bond donors (Lipinski definition) is 1. The highest BCUT2D eigenvalue weighted by Crippen LogP contribution is 2.26. The van der Waals surface area contributed by atoms with Crippen LogP contribution in [-0.4, -0.2) is 9.48 Å². The average Bonchev–Trinajstić information content (AvgIpc) is 2.83. The molecule has 96 valence electrons. The Kier molecular flexibility index (Phi) is 4.50. The molecule has 0 unspecified atom stereocenters. The first-order chi connectivity index (χ1) is 8.70. The largest absolute Gasteiger partial charge is 0.383 e. The molecule has 1 aromatic heterocycles. The number of rotatable bonds is 5. The van der Waals surface area contributed by atoms with Gasteiger partial charge in [0.25, 0.3) is 0 Å². The second kappa shape index (κ2) is 6.12. The fourth-order valence-electron chi connectivity index (χ4n) is 1.92. The highest BCUT2D eigenvalue weighted by Gasteiger charge is 2.12. The molecule has 0 aliphatic rings. The Balaban J connectivity index is 2.09. The molecule has 0 aliphatic heterocycles. The summed E-state index contributed by atoms with van der Waals surface area (Å²) in [5.74, 6) is 0. The Morgan fingerprint density at radius 2 is 2.00 bits per heavy atom. The van der Waals surface area contributed by atoms with Crippen molar-refractivity contribution in [2.75, 3.05) is 0 Å². The first-order valence-electron chi connectivity index (χ1n) is 6.41. The lowest BCUT2D eigenvalue weighted by atomic mass is 10.0. The van der Waals surface area contributed by atoms with Crippen molar-refractivity contribution in [1.82, 2.24) is 4.37 Å². The molecule has 2 rings (SSSR count). The number of aliphatic hydroxyl groups is 1. The molecule has 0 spiro atoms. The summed E-state index contributed by atoms with van der Waals surface area (Å²) in [6.45, 7) is 4.14. The molecule has 2 nitrogen and oxygen atoms in total. The molecule has 1 N–H and O–H groups in total. The van der Waals surface area contributed by atoms with Gasteiger partial charge in [-0.05, 0) is 48.5 Å². The van der Waals surface area contributed by atoms with Crippen molar-refractivity contribution < 1.29 is 5.11 Å². The van der Waals surface area contributed by atoms with Crippen molar-refractivity contribution in [3.05, 3.63) is 52.0 Å². The fourth-order valence-corrected chi connectivity index (χ4v) is 2.69. The van der Waals surface area contributed by atoms with E-state index >= 15 is 0 Å². The van der Waals surface area contributed by atoms with E-state index in [1.807, 2.05) is 25.1 Å². The van der Waals surface area contributed by atoms with Gasteiger partial charge in [-0.3, -0.25) is 0 Å². The lowest BCUT2D eigenvalue weighted by Crippen LogP contribution is -1.97. The summed E-state index contributed by atoms with van der Waals surface area (Å²) in [5.41, 5.74) is 3.25. The van der Waals surface area contributed by atoms with Crippen molar-refractivity contribution in [1.29, 1.82) is 0 Å². The topological polar surface area (TPSA) is 33.1 Å². The van der Waals surface area contributed by atoms with E-state index in [0.29, 0.717) is 0 Å². The number of aryl methyl sites for hydroxylation is 2. The van der Waals surface area contributed by atoms with Gasteiger partial charge in [-0.25, -0.2) is 0 Å². The third-order valence-corrected chi connectivity index (χ3v) is 3.96. The van der Waals surface area contributed by atoms with Crippen LogP contribution in [0.5, 0.6) is 0 Å². The Bertz CT molecular complexity index is 489. The number of hydrogen-bond acceptors (Lipinski definition) is 3. The van der Waals surface area contributed by atoms with Crippen molar-refractivity contribution in [2.45, 2.75) is 39.2 Å². The van der Waals surface area contributed by atoms with Crippen molar-refractivity contribution in [2.24, 2.45) is 0 Å². The van der Waals surface area contributed by atoms with Gasteiger partial charge in [-0.15, -0.1) is 0 Å². The molecule has 3 heteroatoms. The molecular weight excluding hydrogens is 242 g/mol. The Hall–Kier alpha value is -1.19. The number of nitrogens with zero attached hydrogens (tertiary/aromatic N) is 1. The molecular formula is C15H19NOS. The quantitative estimate of drug-likeness (QED) is 0.886. The summed E-state index contributed by atoms with van der Waals surface area (Å²) in [4.78, 5) is 0.911. The van der Waals surface area contributed by atoms with Crippen LogP contribution in [-0.2, 0) is 6.42 Å². The van der Waals surface area contributed by atoms with Crippen molar-refractivity contribution >= 4 is 11.5 Å². The van der Waals surface area contributed by atoms with Crippen LogP contribution >= 0.6 is 11.5 Å². The summed E-state index contributed by atoms with van der Waals surface area (Å²) in [7, 11) is 0. The molecule has 0 aliphatic carbocycles. The highest BCUT2D eigenvalue weighted by molar-refractivity contribution is 7.05. The molecule has 0 amide bonds. The first-order valence-corrected chi connectivity index (χ1v) is 7.18. The van der Waals surface area contributed by atoms with Gasteiger partial charge < -0.3 is 5.11 Å². The summed E-state index contributed by atoms with van der Waals surface area (Å²) in [5, 5.41) is 10.2. The van der Waals surface area contributed by atoms with Crippen LogP contribution in [0.3, 0.4) is 0 Å². The maximum Gasteiger partial charge on any atom is 0.115 e. The summed E-state index contributed by atoms with van der Waals surface area (Å²) in [6, 6.07) is 10.2. The van der Waals surface area contributed by atoms with Crippen LogP contribution in [0.2, 0.25) is 0 Å². The standard InChI is InChI=1S/C15H19NOS/c1-3-4-5-12-6-8-13(9-7-12)15(17)14-10-11(2)16-18-14/h6-10,15,17H,3-5H2,1-2H3/t15-/m1/s1. The third kappa shape index (κ3) is 3.18. The van der Waals surface area contributed by atoms with Crippen LogP contribution in [0.4, 0.5) is 0 Å². The zero-order valence-corrected chi connectivity index (χ0v) is 11.7. The molecule has 2 aromatic rings. The molecule has 0 fully saturated rings. The smallest absolute Gasteiger partial charge is 0.115 e.